The van der Waals surface area contributed by atoms with Crippen molar-refractivity contribution in [2.75, 3.05) is 0 Å². The van der Waals surface area contributed by atoms with Gasteiger partial charge in [0.15, 0.2) is 11.3 Å². The van der Waals surface area contributed by atoms with Crippen LogP contribution in [0.5, 0.6) is 5.75 Å². The molecule has 3 rings (SSSR count). The fraction of sp³-hybridized carbons (Fsp3) is 0.167. The van der Waals surface area contributed by atoms with Crippen LogP contribution in [0.3, 0.4) is 0 Å². The maximum absolute atomic E-state index is 11.4. The molecule has 1 N–H and O–H groups in total. The molecule has 120 valence electrons. The van der Waals surface area contributed by atoms with E-state index in [1.165, 1.54) is 13.8 Å². The minimum absolute atomic E-state index is 0.427. The number of aliphatic carboxylic acids is 1. The Kier molecular flexibility index (Phi) is 3.70. The lowest BCUT2D eigenvalue weighted by Crippen LogP contribution is -2.38. The molecule has 1 aromatic carbocycles. The Bertz CT molecular complexity index is 950. The van der Waals surface area contributed by atoms with E-state index in [-0.39, 0.29) is 0 Å². The zero-order chi connectivity index (χ0) is 17.3. The third kappa shape index (κ3) is 2.79. The monoisotopic (exact) mass is 321 g/mol. The summed E-state index contributed by atoms with van der Waals surface area (Å²) in [6, 6.07) is 8.76. The number of carboxylic acids is 1. The number of benzene rings is 1. The van der Waals surface area contributed by atoms with Crippen LogP contribution in [-0.4, -0.2) is 26.1 Å². The number of fused-ring (bicyclic) bond motifs is 1. The van der Waals surface area contributed by atoms with Gasteiger partial charge in [-0.25, -0.2) is 14.6 Å². The van der Waals surface area contributed by atoms with Crippen LogP contribution in [0.2, 0.25) is 0 Å². The highest BCUT2D eigenvalue weighted by Gasteiger charge is 2.30. The summed E-state index contributed by atoms with van der Waals surface area (Å²) in [5.74, 6) is -0.628. The Morgan fingerprint density at radius 1 is 1.33 bits per heavy atom. The van der Waals surface area contributed by atoms with Gasteiger partial charge in [0.1, 0.15) is 11.4 Å². The van der Waals surface area contributed by atoms with Gasteiger partial charge in [-0.2, -0.15) is 0 Å². The quantitative estimate of drug-likeness (QED) is 0.742. The van der Waals surface area contributed by atoms with Crippen LogP contribution in [0.25, 0.3) is 21.6 Å². The molecule has 0 saturated heterocycles. The Labute approximate surface area is 138 Å². The standard InChI is InChI=1S/C18H15N3O3/c1-18(2,17(22)23)24-15-10-16-20-8-9-21(16)11-14(15)12-4-6-13(19-3)7-5-12/h4-11H,1-2H3,(H,22,23). The summed E-state index contributed by atoms with van der Waals surface area (Å²) in [7, 11) is 0. The molecule has 0 aliphatic carbocycles. The molecule has 0 unspecified atom stereocenters. The first-order valence-corrected chi connectivity index (χ1v) is 7.28. The third-order valence-electron chi connectivity index (χ3n) is 3.68. The molecule has 0 atom stereocenters. The molecular formula is C18H15N3O3. The minimum atomic E-state index is -1.38. The Hall–Kier alpha value is -3.33. The summed E-state index contributed by atoms with van der Waals surface area (Å²) >= 11 is 0. The van der Waals surface area contributed by atoms with E-state index in [1.807, 2.05) is 22.7 Å². The van der Waals surface area contributed by atoms with E-state index in [0.29, 0.717) is 17.1 Å². The average molecular weight is 321 g/mol. The molecule has 6 heteroatoms. The number of imidazole rings is 1. The van der Waals surface area contributed by atoms with Gasteiger partial charge in [0, 0.05) is 30.2 Å². The van der Waals surface area contributed by atoms with Crippen LogP contribution in [0.15, 0.2) is 48.9 Å². The van der Waals surface area contributed by atoms with Gasteiger partial charge in [-0.05, 0) is 19.4 Å². The highest BCUT2D eigenvalue weighted by molar-refractivity contribution is 5.79. The Balaban J connectivity index is 2.15. The van der Waals surface area contributed by atoms with E-state index in [0.717, 1.165) is 11.1 Å². The molecule has 0 fully saturated rings. The number of ether oxygens (including phenoxy) is 1. The van der Waals surface area contributed by atoms with Gasteiger partial charge in [0.05, 0.1) is 6.57 Å². The van der Waals surface area contributed by atoms with Gasteiger partial charge < -0.3 is 14.2 Å². The number of pyridine rings is 1. The maximum Gasteiger partial charge on any atom is 0.347 e. The van der Waals surface area contributed by atoms with Crippen LogP contribution in [0.1, 0.15) is 13.8 Å². The van der Waals surface area contributed by atoms with Crippen LogP contribution in [0, 0.1) is 6.57 Å². The molecule has 0 bridgehead atoms. The first-order valence-electron chi connectivity index (χ1n) is 7.28. The third-order valence-corrected chi connectivity index (χ3v) is 3.68. The predicted octanol–water partition coefficient (Wildman–Crippen LogP) is 3.79. The van der Waals surface area contributed by atoms with Crippen molar-refractivity contribution in [3.05, 3.63) is 60.3 Å². The number of carbonyl (C=O) groups is 1. The van der Waals surface area contributed by atoms with Crippen molar-refractivity contribution in [3.8, 4) is 16.9 Å². The van der Waals surface area contributed by atoms with Crippen molar-refractivity contribution in [2.45, 2.75) is 19.4 Å². The second-order valence-electron chi connectivity index (χ2n) is 5.82. The van der Waals surface area contributed by atoms with Gasteiger partial charge >= 0.3 is 5.97 Å². The number of hydrogen-bond donors (Lipinski definition) is 1. The second kappa shape index (κ2) is 5.70. The molecular weight excluding hydrogens is 306 g/mol. The van der Waals surface area contributed by atoms with Crippen LogP contribution in [-0.2, 0) is 4.79 Å². The highest BCUT2D eigenvalue weighted by Crippen LogP contribution is 2.34. The summed E-state index contributed by atoms with van der Waals surface area (Å²) in [5, 5.41) is 9.33. The number of carboxylic acid groups (broad SMARTS) is 1. The molecule has 2 heterocycles. The molecule has 3 aromatic rings. The molecule has 0 aliphatic rings. The molecule has 0 saturated carbocycles. The number of hydrogen-bond acceptors (Lipinski definition) is 3. The molecule has 0 aliphatic heterocycles. The SMILES string of the molecule is [C-]#[N+]c1ccc(-c2cn3ccnc3cc2OC(C)(C)C(=O)O)cc1. The maximum atomic E-state index is 11.4. The highest BCUT2D eigenvalue weighted by atomic mass is 16.5. The van der Waals surface area contributed by atoms with Crippen molar-refractivity contribution >= 4 is 17.3 Å². The zero-order valence-corrected chi connectivity index (χ0v) is 13.2. The van der Waals surface area contributed by atoms with Crippen molar-refractivity contribution in [1.29, 1.82) is 0 Å². The zero-order valence-electron chi connectivity index (χ0n) is 13.2. The summed E-state index contributed by atoms with van der Waals surface area (Å²) in [5.41, 5.74) is 1.37. The molecule has 6 nitrogen and oxygen atoms in total. The topological polar surface area (TPSA) is 68.2 Å². The van der Waals surface area contributed by atoms with E-state index in [9.17, 15) is 9.90 Å². The second-order valence-corrected chi connectivity index (χ2v) is 5.82. The Morgan fingerprint density at radius 3 is 2.67 bits per heavy atom. The van der Waals surface area contributed by atoms with E-state index in [2.05, 4.69) is 9.83 Å². The van der Waals surface area contributed by atoms with E-state index >= 15 is 0 Å². The van der Waals surface area contributed by atoms with Crippen molar-refractivity contribution in [1.82, 2.24) is 9.38 Å². The minimum Gasteiger partial charge on any atom is -0.478 e. The van der Waals surface area contributed by atoms with E-state index < -0.39 is 11.6 Å². The van der Waals surface area contributed by atoms with Gasteiger partial charge in [-0.1, -0.05) is 24.3 Å². The van der Waals surface area contributed by atoms with Crippen molar-refractivity contribution in [2.24, 2.45) is 0 Å². The molecule has 0 radical (unpaired) electrons. The number of aromatic nitrogens is 2. The molecule has 2 aromatic heterocycles. The molecule has 24 heavy (non-hydrogen) atoms. The summed E-state index contributed by atoms with van der Waals surface area (Å²) in [6.45, 7) is 10.0. The molecule has 0 spiro atoms. The fourth-order valence-corrected chi connectivity index (χ4v) is 2.28. The van der Waals surface area contributed by atoms with Gasteiger partial charge in [0.2, 0.25) is 0 Å². The van der Waals surface area contributed by atoms with Crippen molar-refractivity contribution in [3.63, 3.8) is 0 Å². The number of nitrogens with zero attached hydrogens (tertiary/aromatic N) is 3. The van der Waals surface area contributed by atoms with Gasteiger partial charge in [-0.3, -0.25) is 0 Å². The number of rotatable bonds is 4. The normalized spacial score (nSPS) is 11.2. The summed E-state index contributed by atoms with van der Waals surface area (Å²) in [4.78, 5) is 19.0. The van der Waals surface area contributed by atoms with Crippen LogP contribution in [0.4, 0.5) is 5.69 Å². The smallest absolute Gasteiger partial charge is 0.347 e. The van der Waals surface area contributed by atoms with Gasteiger partial charge in [0.25, 0.3) is 0 Å². The summed E-state index contributed by atoms with van der Waals surface area (Å²) < 4.78 is 7.60. The average Bonchev–Trinajstić information content (AvgIpc) is 3.01. The van der Waals surface area contributed by atoms with Crippen LogP contribution < -0.4 is 4.74 Å². The van der Waals surface area contributed by atoms with Gasteiger partial charge in [-0.15, -0.1) is 0 Å². The van der Waals surface area contributed by atoms with Crippen molar-refractivity contribution < 1.29 is 14.6 Å². The van der Waals surface area contributed by atoms with Crippen LogP contribution >= 0.6 is 0 Å². The predicted molar refractivity (Wildman–Crippen MR) is 89.2 cm³/mol. The van der Waals surface area contributed by atoms with E-state index in [4.69, 9.17) is 11.3 Å². The Morgan fingerprint density at radius 2 is 2.04 bits per heavy atom. The molecule has 0 amide bonds. The first-order chi connectivity index (χ1) is 11.4. The lowest BCUT2D eigenvalue weighted by atomic mass is 10.1. The lowest BCUT2D eigenvalue weighted by Gasteiger charge is -2.23. The summed E-state index contributed by atoms with van der Waals surface area (Å²) in [6.07, 6.45) is 5.30. The largest absolute Gasteiger partial charge is 0.478 e. The fourth-order valence-electron chi connectivity index (χ4n) is 2.28. The van der Waals surface area contributed by atoms with E-state index in [1.54, 1.807) is 30.6 Å². The first kappa shape index (κ1) is 15.6. The lowest BCUT2D eigenvalue weighted by molar-refractivity contribution is -0.152.